The van der Waals surface area contributed by atoms with Gasteiger partial charge in [0.25, 0.3) is 0 Å². The number of nitrogens with one attached hydrogen (secondary N) is 1. The lowest BCUT2D eigenvalue weighted by Gasteiger charge is -2.27. The van der Waals surface area contributed by atoms with Crippen molar-refractivity contribution in [2.75, 3.05) is 20.2 Å². The van der Waals surface area contributed by atoms with E-state index in [9.17, 15) is 0 Å². The Morgan fingerprint density at radius 1 is 1.45 bits per heavy atom. The molecule has 1 unspecified atom stereocenters. The van der Waals surface area contributed by atoms with Crippen LogP contribution in [0.25, 0.3) is 0 Å². The van der Waals surface area contributed by atoms with Crippen molar-refractivity contribution in [1.82, 2.24) is 5.32 Å². The first-order chi connectivity index (χ1) is 9.44. The second-order valence-electron chi connectivity index (χ2n) is 5.60. The lowest BCUT2D eigenvalue weighted by atomic mass is 9.84. The van der Waals surface area contributed by atoms with Crippen molar-refractivity contribution in [1.29, 1.82) is 5.26 Å². The highest BCUT2D eigenvalue weighted by Crippen LogP contribution is 2.31. The minimum absolute atomic E-state index is 0.00252. The monoisotopic (exact) mass is 338 g/mol. The van der Waals surface area contributed by atoms with E-state index >= 15 is 0 Å². The fraction of sp³-hybridized carbons (Fsp3) is 0.562. The van der Waals surface area contributed by atoms with E-state index in [1.54, 1.807) is 7.11 Å². The summed E-state index contributed by atoms with van der Waals surface area (Å²) >= 11 is 3.53. The summed E-state index contributed by atoms with van der Waals surface area (Å²) in [5.74, 6) is 0.932. The molecule has 0 aliphatic carbocycles. The summed E-state index contributed by atoms with van der Waals surface area (Å²) in [5.41, 5.74) is 1.24. The van der Waals surface area contributed by atoms with E-state index in [2.05, 4.69) is 53.3 Å². The molecule has 0 heterocycles. The van der Waals surface area contributed by atoms with Crippen LogP contribution in [0.3, 0.4) is 0 Å². The second kappa shape index (κ2) is 7.66. The van der Waals surface area contributed by atoms with Gasteiger partial charge < -0.3 is 10.1 Å². The minimum atomic E-state index is 0.00252. The predicted molar refractivity (Wildman–Crippen MR) is 86.0 cm³/mol. The van der Waals surface area contributed by atoms with Gasteiger partial charge in [0.2, 0.25) is 0 Å². The SMILES string of the molecule is CCC(C#N)CNCC(C)(C)c1ccc(OC)c(Br)c1. The van der Waals surface area contributed by atoms with Gasteiger partial charge in [0.1, 0.15) is 5.75 Å². The van der Waals surface area contributed by atoms with E-state index in [-0.39, 0.29) is 11.3 Å². The normalized spacial score (nSPS) is 12.8. The second-order valence-corrected chi connectivity index (χ2v) is 6.45. The Morgan fingerprint density at radius 3 is 2.65 bits per heavy atom. The highest BCUT2D eigenvalue weighted by atomic mass is 79.9. The summed E-state index contributed by atoms with van der Waals surface area (Å²) < 4.78 is 6.22. The molecule has 0 aliphatic rings. The van der Waals surface area contributed by atoms with Gasteiger partial charge in [0.15, 0.2) is 0 Å². The molecule has 0 amide bonds. The molecule has 0 bridgehead atoms. The van der Waals surface area contributed by atoms with Crippen molar-refractivity contribution in [2.45, 2.75) is 32.6 Å². The minimum Gasteiger partial charge on any atom is -0.496 e. The number of nitriles is 1. The van der Waals surface area contributed by atoms with Gasteiger partial charge in [0, 0.05) is 18.5 Å². The maximum absolute atomic E-state index is 8.96. The fourth-order valence-electron chi connectivity index (χ4n) is 2.03. The quantitative estimate of drug-likeness (QED) is 0.820. The molecule has 4 heteroatoms. The van der Waals surface area contributed by atoms with Crippen LogP contribution in [0.5, 0.6) is 5.75 Å². The first kappa shape index (κ1) is 17.0. The van der Waals surface area contributed by atoms with Gasteiger partial charge in [-0.2, -0.15) is 5.26 Å². The molecule has 0 fully saturated rings. The topological polar surface area (TPSA) is 45.0 Å². The number of ether oxygens (including phenoxy) is 1. The molecule has 20 heavy (non-hydrogen) atoms. The summed E-state index contributed by atoms with van der Waals surface area (Å²) in [6.07, 6.45) is 0.887. The summed E-state index contributed by atoms with van der Waals surface area (Å²) in [6.45, 7) is 8.02. The molecule has 1 rings (SSSR count). The number of rotatable bonds is 7. The van der Waals surface area contributed by atoms with Gasteiger partial charge in [-0.15, -0.1) is 0 Å². The molecule has 0 spiro atoms. The molecule has 0 saturated heterocycles. The molecule has 0 aliphatic heterocycles. The van der Waals surface area contributed by atoms with Gasteiger partial charge in [0.05, 0.1) is 23.6 Å². The van der Waals surface area contributed by atoms with E-state index in [1.165, 1.54) is 5.56 Å². The van der Waals surface area contributed by atoms with Crippen molar-refractivity contribution in [3.05, 3.63) is 28.2 Å². The van der Waals surface area contributed by atoms with Crippen molar-refractivity contribution < 1.29 is 4.74 Å². The smallest absolute Gasteiger partial charge is 0.133 e. The molecule has 3 nitrogen and oxygen atoms in total. The first-order valence-corrected chi connectivity index (χ1v) is 7.68. The van der Waals surface area contributed by atoms with Gasteiger partial charge >= 0.3 is 0 Å². The van der Waals surface area contributed by atoms with Crippen LogP contribution in [0.4, 0.5) is 0 Å². The van der Waals surface area contributed by atoms with Crippen molar-refractivity contribution in [2.24, 2.45) is 5.92 Å². The lowest BCUT2D eigenvalue weighted by molar-refractivity contribution is 0.410. The van der Waals surface area contributed by atoms with Crippen LogP contribution >= 0.6 is 15.9 Å². The Hall–Kier alpha value is -1.05. The van der Waals surface area contributed by atoms with E-state index in [0.717, 1.165) is 29.7 Å². The molecule has 0 saturated carbocycles. The zero-order chi connectivity index (χ0) is 15.2. The third-order valence-electron chi connectivity index (χ3n) is 3.57. The van der Waals surface area contributed by atoms with E-state index in [4.69, 9.17) is 10.00 Å². The number of hydrogen-bond acceptors (Lipinski definition) is 3. The molecule has 110 valence electrons. The summed E-state index contributed by atoms with van der Waals surface area (Å²) in [5, 5.41) is 12.4. The van der Waals surface area contributed by atoms with Crippen LogP contribution in [-0.4, -0.2) is 20.2 Å². The van der Waals surface area contributed by atoms with E-state index < -0.39 is 0 Å². The third kappa shape index (κ3) is 4.50. The maximum Gasteiger partial charge on any atom is 0.133 e. The van der Waals surface area contributed by atoms with Crippen LogP contribution in [0, 0.1) is 17.2 Å². The summed E-state index contributed by atoms with van der Waals surface area (Å²) in [7, 11) is 1.67. The van der Waals surface area contributed by atoms with Crippen LogP contribution in [-0.2, 0) is 5.41 Å². The molecular weight excluding hydrogens is 316 g/mol. The number of halogens is 1. The summed E-state index contributed by atoms with van der Waals surface area (Å²) in [4.78, 5) is 0. The predicted octanol–water partition coefficient (Wildman–Crippen LogP) is 3.87. The molecule has 0 aromatic heterocycles. The number of nitrogens with zero attached hydrogens (tertiary/aromatic N) is 1. The lowest BCUT2D eigenvalue weighted by Crippen LogP contribution is -2.35. The van der Waals surface area contributed by atoms with Gasteiger partial charge in [-0.25, -0.2) is 0 Å². The van der Waals surface area contributed by atoms with Crippen molar-refractivity contribution in [3.63, 3.8) is 0 Å². The maximum atomic E-state index is 8.96. The van der Waals surface area contributed by atoms with Gasteiger partial charge in [-0.05, 0) is 40.0 Å². The average molecular weight is 339 g/mol. The van der Waals surface area contributed by atoms with Crippen LogP contribution < -0.4 is 10.1 Å². The Balaban J connectivity index is 2.69. The summed E-state index contributed by atoms with van der Waals surface area (Å²) in [6, 6.07) is 8.48. The number of methoxy groups -OCH3 is 1. The zero-order valence-electron chi connectivity index (χ0n) is 12.7. The van der Waals surface area contributed by atoms with E-state index in [1.807, 2.05) is 13.0 Å². The van der Waals surface area contributed by atoms with Crippen LogP contribution in [0.1, 0.15) is 32.8 Å². The molecule has 1 N–H and O–H groups in total. The van der Waals surface area contributed by atoms with Gasteiger partial charge in [-0.1, -0.05) is 26.8 Å². The zero-order valence-corrected chi connectivity index (χ0v) is 14.3. The molecule has 1 atom stereocenters. The Morgan fingerprint density at radius 2 is 2.15 bits per heavy atom. The number of hydrogen-bond donors (Lipinski definition) is 1. The standard InChI is InChI=1S/C16H23BrN2O/c1-5-12(9-18)10-19-11-16(2,3)13-6-7-15(20-4)14(17)8-13/h6-8,12,19H,5,10-11H2,1-4H3. The Labute approximate surface area is 130 Å². The molecule has 1 aromatic rings. The molecule has 0 radical (unpaired) electrons. The first-order valence-electron chi connectivity index (χ1n) is 6.89. The highest BCUT2D eigenvalue weighted by Gasteiger charge is 2.21. The fourth-order valence-corrected chi connectivity index (χ4v) is 2.57. The Kier molecular flexibility index (Phi) is 6.51. The molecular formula is C16H23BrN2O. The Bertz CT molecular complexity index is 480. The van der Waals surface area contributed by atoms with Gasteiger partial charge in [-0.3, -0.25) is 0 Å². The van der Waals surface area contributed by atoms with Crippen molar-refractivity contribution in [3.8, 4) is 11.8 Å². The largest absolute Gasteiger partial charge is 0.496 e. The average Bonchev–Trinajstić information content (AvgIpc) is 2.43. The third-order valence-corrected chi connectivity index (χ3v) is 4.19. The van der Waals surface area contributed by atoms with Crippen LogP contribution in [0.2, 0.25) is 0 Å². The number of benzene rings is 1. The van der Waals surface area contributed by atoms with Crippen LogP contribution in [0.15, 0.2) is 22.7 Å². The molecule has 1 aromatic carbocycles. The highest BCUT2D eigenvalue weighted by molar-refractivity contribution is 9.10. The van der Waals surface area contributed by atoms with Crippen molar-refractivity contribution >= 4 is 15.9 Å². The van der Waals surface area contributed by atoms with E-state index in [0.29, 0.717) is 0 Å².